The van der Waals surface area contributed by atoms with Gasteiger partial charge in [0.15, 0.2) is 17.3 Å². The van der Waals surface area contributed by atoms with E-state index in [4.69, 9.17) is 18.9 Å². The highest BCUT2D eigenvalue weighted by Crippen LogP contribution is 2.43. The Bertz CT molecular complexity index is 427. The summed E-state index contributed by atoms with van der Waals surface area (Å²) < 4.78 is 23.0. The first kappa shape index (κ1) is 13.6. The predicted molar refractivity (Wildman–Crippen MR) is 71.1 cm³/mol. The molecule has 0 amide bonds. The number of benzene rings is 1. The van der Waals surface area contributed by atoms with Crippen molar-refractivity contribution in [3.63, 3.8) is 0 Å². The lowest BCUT2D eigenvalue weighted by Crippen LogP contribution is -2.26. The van der Waals surface area contributed by atoms with E-state index in [2.05, 4.69) is 15.9 Å². The molecule has 1 aromatic carbocycles. The Labute approximate surface area is 115 Å². The van der Waals surface area contributed by atoms with E-state index in [-0.39, 0.29) is 0 Å². The molecule has 1 fully saturated rings. The highest BCUT2D eigenvalue weighted by molar-refractivity contribution is 9.10. The van der Waals surface area contributed by atoms with Gasteiger partial charge in [-0.1, -0.05) is 22.9 Å². The lowest BCUT2D eigenvalue weighted by molar-refractivity contribution is -0.168. The smallest absolute Gasteiger partial charge is 0.195 e. The van der Waals surface area contributed by atoms with Crippen LogP contribution in [0.2, 0.25) is 0 Å². The number of hydrogen-bond donors (Lipinski definition) is 0. The van der Waals surface area contributed by atoms with Crippen LogP contribution in [0.1, 0.15) is 18.9 Å². The number of rotatable bonds is 4. The molecule has 0 spiro atoms. The van der Waals surface area contributed by atoms with Crippen molar-refractivity contribution in [1.29, 1.82) is 0 Å². The molecule has 0 saturated carbocycles. The Balaban J connectivity index is 2.50. The van der Waals surface area contributed by atoms with Gasteiger partial charge in [-0.25, -0.2) is 0 Å². The summed E-state index contributed by atoms with van der Waals surface area (Å²) in [5, 5.41) is 0. The zero-order valence-electron chi connectivity index (χ0n) is 10.8. The normalized spacial score (nSPS) is 17.8. The summed E-state index contributed by atoms with van der Waals surface area (Å²) in [6.45, 7) is 3.25. The molecule has 18 heavy (non-hydrogen) atoms. The summed E-state index contributed by atoms with van der Waals surface area (Å²) in [7, 11) is 3.23. The van der Waals surface area contributed by atoms with Gasteiger partial charge in [-0.05, 0) is 12.1 Å². The minimum Gasteiger partial charge on any atom is -0.493 e. The minimum absolute atomic E-state index is 0.606. The molecule has 1 aliphatic rings. The molecular weight excluding hydrogens is 300 g/mol. The van der Waals surface area contributed by atoms with Gasteiger partial charge in [0, 0.05) is 16.5 Å². The Morgan fingerprint density at radius 1 is 1.17 bits per heavy atom. The van der Waals surface area contributed by atoms with E-state index >= 15 is 0 Å². The average Bonchev–Trinajstić information content (AvgIpc) is 2.88. The van der Waals surface area contributed by atoms with Crippen molar-refractivity contribution in [2.24, 2.45) is 0 Å². The van der Waals surface area contributed by atoms with Gasteiger partial charge in [0.05, 0.1) is 27.4 Å². The molecule has 0 atom stereocenters. The monoisotopic (exact) mass is 316 g/mol. The van der Waals surface area contributed by atoms with E-state index < -0.39 is 5.79 Å². The molecule has 1 heterocycles. The molecule has 100 valence electrons. The SMILES string of the molecule is CCC1(c2cc(OC)c(OC)cc2Br)OCCO1. The Kier molecular flexibility index (Phi) is 4.14. The molecular formula is C13H17BrO4. The van der Waals surface area contributed by atoms with Crippen LogP contribution in [0, 0.1) is 0 Å². The van der Waals surface area contributed by atoms with Crippen LogP contribution in [-0.2, 0) is 15.3 Å². The van der Waals surface area contributed by atoms with Gasteiger partial charge in [-0.15, -0.1) is 0 Å². The molecule has 0 bridgehead atoms. The maximum Gasteiger partial charge on any atom is 0.195 e. The van der Waals surface area contributed by atoms with E-state index in [1.165, 1.54) is 0 Å². The highest BCUT2D eigenvalue weighted by Gasteiger charge is 2.39. The first-order valence-electron chi connectivity index (χ1n) is 5.86. The third-order valence-corrected chi connectivity index (χ3v) is 3.76. The van der Waals surface area contributed by atoms with Gasteiger partial charge in [0.25, 0.3) is 0 Å². The third-order valence-electron chi connectivity index (χ3n) is 3.10. The minimum atomic E-state index is -0.682. The molecule has 1 aromatic rings. The van der Waals surface area contributed by atoms with Gasteiger partial charge in [-0.3, -0.25) is 0 Å². The topological polar surface area (TPSA) is 36.9 Å². The van der Waals surface area contributed by atoms with Crippen molar-refractivity contribution in [3.05, 3.63) is 22.2 Å². The maximum absolute atomic E-state index is 5.78. The lowest BCUT2D eigenvalue weighted by atomic mass is 10.0. The second-order valence-corrected chi connectivity index (χ2v) is 4.84. The van der Waals surface area contributed by atoms with Crippen LogP contribution in [0.4, 0.5) is 0 Å². The average molecular weight is 317 g/mol. The molecule has 5 heteroatoms. The second-order valence-electron chi connectivity index (χ2n) is 3.99. The fraction of sp³-hybridized carbons (Fsp3) is 0.538. The van der Waals surface area contributed by atoms with Crippen LogP contribution >= 0.6 is 15.9 Å². The third kappa shape index (κ3) is 2.22. The van der Waals surface area contributed by atoms with E-state index in [9.17, 15) is 0 Å². The molecule has 0 N–H and O–H groups in total. The highest BCUT2D eigenvalue weighted by atomic mass is 79.9. The Morgan fingerprint density at radius 3 is 2.22 bits per heavy atom. The van der Waals surface area contributed by atoms with E-state index in [0.29, 0.717) is 24.7 Å². The second kappa shape index (κ2) is 5.47. The Morgan fingerprint density at radius 2 is 1.72 bits per heavy atom. The van der Waals surface area contributed by atoms with E-state index in [1.54, 1.807) is 14.2 Å². The number of methoxy groups -OCH3 is 2. The first-order valence-corrected chi connectivity index (χ1v) is 6.66. The molecule has 0 aromatic heterocycles. The quantitative estimate of drug-likeness (QED) is 0.855. The summed E-state index contributed by atoms with van der Waals surface area (Å²) in [6, 6.07) is 3.77. The van der Waals surface area contributed by atoms with Crippen LogP contribution in [0.5, 0.6) is 11.5 Å². The van der Waals surface area contributed by atoms with Crippen molar-refractivity contribution < 1.29 is 18.9 Å². The summed E-state index contributed by atoms with van der Waals surface area (Å²) in [5.74, 6) is 0.665. The molecule has 1 saturated heterocycles. The molecule has 0 aliphatic carbocycles. The van der Waals surface area contributed by atoms with Crippen LogP contribution < -0.4 is 9.47 Å². The Hall–Kier alpha value is -0.780. The standard InChI is InChI=1S/C13H17BrO4/c1-4-13(17-5-6-18-13)9-7-11(15-2)12(16-3)8-10(9)14/h7-8H,4-6H2,1-3H3. The van der Waals surface area contributed by atoms with Crippen LogP contribution in [0.25, 0.3) is 0 Å². The number of ether oxygens (including phenoxy) is 4. The zero-order valence-corrected chi connectivity index (χ0v) is 12.4. The fourth-order valence-electron chi connectivity index (χ4n) is 2.15. The zero-order chi connectivity index (χ0) is 13.2. The van der Waals surface area contributed by atoms with Crippen molar-refractivity contribution in [2.75, 3.05) is 27.4 Å². The first-order chi connectivity index (χ1) is 8.66. The maximum atomic E-state index is 5.78. The lowest BCUT2D eigenvalue weighted by Gasteiger charge is -2.28. The molecule has 1 aliphatic heterocycles. The summed E-state index contributed by atoms with van der Waals surface area (Å²) in [4.78, 5) is 0. The van der Waals surface area contributed by atoms with Gasteiger partial charge >= 0.3 is 0 Å². The van der Waals surface area contributed by atoms with Crippen molar-refractivity contribution in [1.82, 2.24) is 0 Å². The van der Waals surface area contributed by atoms with Crippen molar-refractivity contribution in [2.45, 2.75) is 19.1 Å². The number of hydrogen-bond acceptors (Lipinski definition) is 4. The van der Waals surface area contributed by atoms with Crippen molar-refractivity contribution in [3.8, 4) is 11.5 Å². The largest absolute Gasteiger partial charge is 0.493 e. The van der Waals surface area contributed by atoms with Gasteiger partial charge in [-0.2, -0.15) is 0 Å². The van der Waals surface area contributed by atoms with Crippen LogP contribution in [0.15, 0.2) is 16.6 Å². The molecule has 4 nitrogen and oxygen atoms in total. The summed E-state index contributed by atoms with van der Waals surface area (Å²) in [5.41, 5.74) is 0.931. The number of halogens is 1. The van der Waals surface area contributed by atoms with Gasteiger partial charge in [0.1, 0.15) is 0 Å². The predicted octanol–water partition coefficient (Wildman–Crippen LogP) is 3.08. The van der Waals surface area contributed by atoms with Crippen LogP contribution in [-0.4, -0.2) is 27.4 Å². The summed E-state index contributed by atoms with van der Waals surface area (Å²) in [6.07, 6.45) is 0.737. The van der Waals surface area contributed by atoms with Gasteiger partial charge in [0.2, 0.25) is 0 Å². The molecule has 0 unspecified atom stereocenters. The van der Waals surface area contributed by atoms with Crippen molar-refractivity contribution >= 4 is 15.9 Å². The van der Waals surface area contributed by atoms with Gasteiger partial charge < -0.3 is 18.9 Å². The fourth-order valence-corrected chi connectivity index (χ4v) is 2.78. The molecule has 0 radical (unpaired) electrons. The van der Waals surface area contributed by atoms with E-state index in [0.717, 1.165) is 16.5 Å². The summed E-state index contributed by atoms with van der Waals surface area (Å²) >= 11 is 3.54. The van der Waals surface area contributed by atoms with Crippen LogP contribution in [0.3, 0.4) is 0 Å². The van der Waals surface area contributed by atoms with E-state index in [1.807, 2.05) is 19.1 Å². The molecule has 2 rings (SSSR count).